The van der Waals surface area contributed by atoms with Gasteiger partial charge in [0.1, 0.15) is 5.75 Å². The zero-order valence-electron chi connectivity index (χ0n) is 21.8. The van der Waals surface area contributed by atoms with E-state index in [0.717, 1.165) is 55.5 Å². The molecule has 6 rings (SSSR count). The number of nitrogens with one attached hydrogen (secondary N) is 2. The molecule has 6 heteroatoms. The topological polar surface area (TPSA) is 83.6 Å². The van der Waals surface area contributed by atoms with E-state index in [1.165, 1.54) is 0 Å². The van der Waals surface area contributed by atoms with Crippen molar-refractivity contribution in [2.75, 3.05) is 11.9 Å². The van der Waals surface area contributed by atoms with Crippen LogP contribution in [0.1, 0.15) is 12.0 Å². The van der Waals surface area contributed by atoms with E-state index in [1.54, 1.807) is 0 Å². The number of aromatic amines is 1. The maximum atomic E-state index is 11.5. The molecule has 40 heavy (non-hydrogen) atoms. The Hall–Kier alpha value is -5.23. The van der Waals surface area contributed by atoms with Crippen LogP contribution in [0.2, 0.25) is 0 Å². The van der Waals surface area contributed by atoms with Gasteiger partial charge in [0, 0.05) is 27.6 Å². The van der Waals surface area contributed by atoms with Crippen molar-refractivity contribution in [3.05, 3.63) is 121 Å². The molecule has 0 unspecified atom stereocenters. The zero-order valence-corrected chi connectivity index (χ0v) is 21.8. The van der Waals surface area contributed by atoms with E-state index in [4.69, 9.17) is 9.47 Å². The van der Waals surface area contributed by atoms with E-state index >= 15 is 0 Å². The molecule has 0 saturated heterocycles. The monoisotopic (exact) mass is 528 g/mol. The average Bonchev–Trinajstić information content (AvgIpc) is 3.33. The highest BCUT2D eigenvalue weighted by atomic mass is 16.7. The van der Waals surface area contributed by atoms with E-state index in [1.807, 2.05) is 84.9 Å². The largest absolute Gasteiger partial charge is 0.512 e. The summed E-state index contributed by atoms with van der Waals surface area (Å²) >= 11 is 0. The number of hydrogen-bond acceptors (Lipinski definition) is 4. The molecule has 6 aromatic rings. The Balaban J connectivity index is 1.26. The molecule has 0 spiro atoms. The summed E-state index contributed by atoms with van der Waals surface area (Å²) in [5.41, 5.74) is 5.53. The number of aromatic nitrogens is 1. The van der Waals surface area contributed by atoms with Gasteiger partial charge in [-0.25, -0.2) is 4.79 Å². The minimum absolute atomic E-state index is 0.234. The van der Waals surface area contributed by atoms with E-state index in [0.29, 0.717) is 19.4 Å². The van der Waals surface area contributed by atoms with Crippen molar-refractivity contribution in [2.24, 2.45) is 0 Å². The van der Waals surface area contributed by atoms with Crippen molar-refractivity contribution < 1.29 is 19.4 Å². The Morgan fingerprint density at radius 2 is 1.45 bits per heavy atom. The lowest BCUT2D eigenvalue weighted by molar-refractivity contribution is 0.142. The molecule has 0 saturated carbocycles. The summed E-state index contributed by atoms with van der Waals surface area (Å²) in [6.45, 7) is 0.482. The van der Waals surface area contributed by atoms with Gasteiger partial charge in [-0.05, 0) is 42.0 Å². The zero-order chi connectivity index (χ0) is 27.3. The minimum Gasteiger partial charge on any atom is -0.493 e. The van der Waals surface area contributed by atoms with E-state index < -0.39 is 6.16 Å². The van der Waals surface area contributed by atoms with E-state index in [-0.39, 0.29) is 5.88 Å². The average molecular weight is 529 g/mol. The third-order valence-corrected chi connectivity index (χ3v) is 6.95. The van der Waals surface area contributed by atoms with Gasteiger partial charge in [0.2, 0.25) is 5.88 Å². The van der Waals surface area contributed by atoms with Gasteiger partial charge >= 0.3 is 6.16 Å². The lowest BCUT2D eigenvalue weighted by atomic mass is 10.0. The molecule has 0 bridgehead atoms. The standard InChI is InChI=1S/C34H28N2O4/c37-34(38)40-33-28(18-10-22-39-31-21-8-14-24-13-4-5-16-26(24)31)27-17-9-20-30(32(27)36-33)35-29-19-7-6-15-25(29)23-11-2-1-3-12-23/h1-9,11-17,19-21,35-36H,10,18,22H2,(H,37,38). The van der Waals surface area contributed by atoms with E-state index in [9.17, 15) is 9.90 Å². The number of H-pyrrole nitrogens is 1. The van der Waals surface area contributed by atoms with Gasteiger partial charge in [0.25, 0.3) is 0 Å². The number of aryl methyl sites for hydroxylation is 1. The Labute approximate surface area is 231 Å². The van der Waals surface area contributed by atoms with Crippen LogP contribution < -0.4 is 14.8 Å². The molecule has 1 heterocycles. The molecule has 0 amide bonds. The molecule has 1 aromatic heterocycles. The number of fused-ring (bicyclic) bond motifs is 2. The van der Waals surface area contributed by atoms with Crippen LogP contribution >= 0.6 is 0 Å². The fourth-order valence-corrected chi connectivity index (χ4v) is 5.14. The quantitative estimate of drug-likeness (QED) is 0.129. The molecule has 6 nitrogen and oxygen atoms in total. The van der Waals surface area contributed by atoms with Gasteiger partial charge in [-0.3, -0.25) is 0 Å². The number of ether oxygens (including phenoxy) is 2. The van der Waals surface area contributed by atoms with Gasteiger partial charge in [0.15, 0.2) is 0 Å². The smallest absolute Gasteiger partial charge is 0.493 e. The third kappa shape index (κ3) is 5.20. The number of rotatable bonds is 9. The Morgan fingerprint density at radius 3 is 2.33 bits per heavy atom. The lowest BCUT2D eigenvalue weighted by Gasteiger charge is -2.13. The molecule has 0 aliphatic heterocycles. The second-order valence-corrected chi connectivity index (χ2v) is 9.49. The second-order valence-electron chi connectivity index (χ2n) is 9.49. The predicted molar refractivity (Wildman–Crippen MR) is 160 cm³/mol. The molecule has 0 fully saturated rings. The van der Waals surface area contributed by atoms with E-state index in [2.05, 4.69) is 40.6 Å². The molecule has 0 aliphatic carbocycles. The first-order valence-corrected chi connectivity index (χ1v) is 13.2. The number of carboxylic acid groups (broad SMARTS) is 1. The van der Waals surface area contributed by atoms with Crippen LogP contribution in [-0.2, 0) is 6.42 Å². The van der Waals surface area contributed by atoms with Crippen LogP contribution in [0.4, 0.5) is 16.2 Å². The summed E-state index contributed by atoms with van der Waals surface area (Å²) in [5.74, 6) is 1.07. The number of para-hydroxylation sites is 2. The van der Waals surface area contributed by atoms with Gasteiger partial charge in [-0.1, -0.05) is 97.1 Å². The molecule has 198 valence electrons. The Kier molecular flexibility index (Phi) is 7.05. The number of benzene rings is 5. The first kappa shape index (κ1) is 25.1. The van der Waals surface area contributed by atoms with Crippen LogP contribution in [-0.4, -0.2) is 22.9 Å². The number of hydrogen-bond donors (Lipinski definition) is 3. The SMILES string of the molecule is O=C(O)Oc1[nH]c2c(Nc3ccccc3-c3ccccc3)cccc2c1CCCOc1cccc2ccccc12. The molecular weight excluding hydrogens is 500 g/mol. The summed E-state index contributed by atoms with van der Waals surface area (Å²) in [6.07, 6.45) is -0.0957. The van der Waals surface area contributed by atoms with Crippen molar-refractivity contribution in [1.82, 2.24) is 4.98 Å². The first-order valence-electron chi connectivity index (χ1n) is 13.2. The highest BCUT2D eigenvalue weighted by Crippen LogP contribution is 2.37. The summed E-state index contributed by atoms with van der Waals surface area (Å²) < 4.78 is 11.3. The van der Waals surface area contributed by atoms with Crippen LogP contribution in [0.3, 0.4) is 0 Å². The van der Waals surface area contributed by atoms with Gasteiger partial charge in [-0.15, -0.1) is 0 Å². The minimum atomic E-state index is -1.36. The molecule has 3 N–H and O–H groups in total. The first-order chi connectivity index (χ1) is 19.7. The fraction of sp³-hybridized carbons (Fsp3) is 0.0882. The summed E-state index contributed by atoms with van der Waals surface area (Å²) in [6, 6.07) is 38.4. The molecular formula is C34H28N2O4. The fourth-order valence-electron chi connectivity index (χ4n) is 5.14. The van der Waals surface area contributed by atoms with Crippen LogP contribution in [0.5, 0.6) is 11.6 Å². The molecule has 0 radical (unpaired) electrons. The van der Waals surface area contributed by atoms with Crippen molar-refractivity contribution in [3.8, 4) is 22.8 Å². The van der Waals surface area contributed by atoms with Crippen molar-refractivity contribution in [1.29, 1.82) is 0 Å². The van der Waals surface area contributed by atoms with Gasteiger partial charge in [-0.2, -0.15) is 0 Å². The predicted octanol–water partition coefficient (Wildman–Crippen LogP) is 8.80. The molecule has 0 atom stereocenters. The number of anilines is 2. The van der Waals surface area contributed by atoms with Gasteiger partial charge in [0.05, 0.1) is 17.8 Å². The summed E-state index contributed by atoms with van der Waals surface area (Å²) in [4.78, 5) is 14.8. The highest BCUT2D eigenvalue weighted by Gasteiger charge is 2.18. The normalized spacial score (nSPS) is 11.0. The molecule has 0 aliphatic rings. The third-order valence-electron chi connectivity index (χ3n) is 6.95. The van der Waals surface area contributed by atoms with Crippen LogP contribution in [0.25, 0.3) is 32.8 Å². The van der Waals surface area contributed by atoms with Crippen molar-refractivity contribution >= 4 is 39.2 Å². The van der Waals surface area contributed by atoms with Crippen molar-refractivity contribution in [2.45, 2.75) is 12.8 Å². The van der Waals surface area contributed by atoms with Crippen molar-refractivity contribution in [3.63, 3.8) is 0 Å². The van der Waals surface area contributed by atoms with Crippen LogP contribution in [0, 0.1) is 0 Å². The number of carbonyl (C=O) groups is 1. The summed E-state index contributed by atoms with van der Waals surface area (Å²) in [5, 5.41) is 16.1. The highest BCUT2D eigenvalue weighted by molar-refractivity contribution is 5.98. The van der Waals surface area contributed by atoms with Crippen LogP contribution in [0.15, 0.2) is 115 Å². The lowest BCUT2D eigenvalue weighted by Crippen LogP contribution is -2.06. The Morgan fingerprint density at radius 1 is 0.750 bits per heavy atom. The second kappa shape index (κ2) is 11.3. The Bertz CT molecular complexity index is 1790. The summed E-state index contributed by atoms with van der Waals surface area (Å²) in [7, 11) is 0. The molecule has 5 aromatic carbocycles. The van der Waals surface area contributed by atoms with Gasteiger partial charge < -0.3 is 24.9 Å². The maximum absolute atomic E-state index is 11.5. The maximum Gasteiger partial charge on any atom is 0.512 e.